The maximum atomic E-state index is 13.6. The average Bonchev–Trinajstić information content (AvgIpc) is 2.14. The van der Waals surface area contributed by atoms with Gasteiger partial charge in [-0.25, -0.2) is 8.78 Å². The molecule has 1 rings (SSSR count). The van der Waals surface area contributed by atoms with Crippen molar-refractivity contribution in [3.05, 3.63) is 35.4 Å². The van der Waals surface area contributed by atoms with E-state index in [4.69, 9.17) is 0 Å². The molecule has 0 aliphatic carbocycles. The van der Waals surface area contributed by atoms with Crippen LogP contribution in [0.1, 0.15) is 38.8 Å². The van der Waals surface area contributed by atoms with Gasteiger partial charge in [-0.1, -0.05) is 26.8 Å². The highest BCUT2D eigenvalue weighted by atomic mass is 19.1. The first-order valence-corrected chi connectivity index (χ1v) is 5.46. The Bertz CT molecular complexity index is 335. The van der Waals surface area contributed by atoms with Crippen LogP contribution < -0.4 is 5.32 Å². The largest absolute Gasteiger partial charge is 0.313 e. The van der Waals surface area contributed by atoms with E-state index in [0.717, 1.165) is 0 Å². The minimum absolute atomic E-state index is 0.0163. The minimum Gasteiger partial charge on any atom is -0.313 e. The van der Waals surface area contributed by atoms with Gasteiger partial charge in [0.05, 0.1) is 0 Å². The fourth-order valence-electron chi connectivity index (χ4n) is 1.80. The van der Waals surface area contributed by atoms with E-state index in [1.54, 1.807) is 7.05 Å². The molecule has 0 bridgehead atoms. The number of rotatable bonds is 3. The molecule has 1 unspecified atom stereocenters. The van der Waals surface area contributed by atoms with Crippen molar-refractivity contribution < 1.29 is 8.78 Å². The molecule has 1 aromatic rings. The van der Waals surface area contributed by atoms with Crippen LogP contribution >= 0.6 is 0 Å². The van der Waals surface area contributed by atoms with Crippen LogP contribution in [0.25, 0.3) is 0 Å². The lowest BCUT2D eigenvalue weighted by molar-refractivity contribution is 0.311. The Balaban J connectivity index is 3.04. The third kappa shape index (κ3) is 3.27. The molecule has 3 heteroatoms. The Morgan fingerprint density at radius 3 is 2.06 bits per heavy atom. The molecule has 0 aliphatic heterocycles. The molecule has 0 fully saturated rings. The smallest absolute Gasteiger partial charge is 0.130 e. The summed E-state index contributed by atoms with van der Waals surface area (Å²) in [5.74, 6) is -0.966. The van der Waals surface area contributed by atoms with Crippen molar-refractivity contribution in [3.63, 3.8) is 0 Å². The zero-order valence-corrected chi connectivity index (χ0v) is 10.3. The average molecular weight is 227 g/mol. The van der Waals surface area contributed by atoms with Gasteiger partial charge in [0.15, 0.2) is 0 Å². The summed E-state index contributed by atoms with van der Waals surface area (Å²) in [5, 5.41) is 2.98. The third-order valence-corrected chi connectivity index (χ3v) is 2.51. The van der Waals surface area contributed by atoms with Crippen LogP contribution in [0, 0.1) is 17.0 Å². The van der Waals surface area contributed by atoms with E-state index < -0.39 is 11.6 Å². The number of nitrogens with one attached hydrogen (secondary N) is 1. The van der Waals surface area contributed by atoms with E-state index in [1.165, 1.54) is 18.2 Å². The van der Waals surface area contributed by atoms with Gasteiger partial charge in [0, 0.05) is 11.6 Å². The standard InChI is InChI=1S/C13H19F2N/c1-13(2,3)8-11(16-4)12-9(14)6-5-7-10(12)15/h5-7,11,16H,8H2,1-4H3. The normalized spacial score (nSPS) is 13.9. The van der Waals surface area contributed by atoms with Gasteiger partial charge >= 0.3 is 0 Å². The number of halogens is 2. The molecule has 1 aromatic carbocycles. The molecule has 0 aliphatic rings. The summed E-state index contributed by atoms with van der Waals surface area (Å²) in [7, 11) is 1.72. The second-order valence-corrected chi connectivity index (χ2v) is 5.24. The van der Waals surface area contributed by atoms with Gasteiger partial charge in [-0.05, 0) is 31.0 Å². The highest BCUT2D eigenvalue weighted by molar-refractivity contribution is 5.23. The summed E-state index contributed by atoms with van der Waals surface area (Å²) < 4.78 is 27.2. The predicted octanol–water partition coefficient (Wildman–Crippen LogP) is 3.66. The quantitative estimate of drug-likeness (QED) is 0.831. The Labute approximate surface area is 95.9 Å². The van der Waals surface area contributed by atoms with Crippen molar-refractivity contribution in [1.82, 2.24) is 5.32 Å². The second-order valence-electron chi connectivity index (χ2n) is 5.24. The number of hydrogen-bond acceptors (Lipinski definition) is 1. The summed E-state index contributed by atoms with van der Waals surface area (Å²) in [5.41, 5.74) is 0.155. The maximum absolute atomic E-state index is 13.6. The van der Waals surface area contributed by atoms with Crippen LogP contribution in [0.2, 0.25) is 0 Å². The van der Waals surface area contributed by atoms with Gasteiger partial charge in [0.2, 0.25) is 0 Å². The molecule has 0 saturated carbocycles. The maximum Gasteiger partial charge on any atom is 0.130 e. The van der Waals surface area contributed by atoms with Gasteiger partial charge in [-0.2, -0.15) is 0 Å². The first-order chi connectivity index (χ1) is 7.35. The number of hydrogen-bond donors (Lipinski definition) is 1. The molecular formula is C13H19F2N. The molecule has 0 radical (unpaired) electrons. The first kappa shape index (κ1) is 13.1. The van der Waals surface area contributed by atoms with Crippen molar-refractivity contribution in [2.24, 2.45) is 5.41 Å². The van der Waals surface area contributed by atoms with Crippen LogP contribution in [0.3, 0.4) is 0 Å². The SMILES string of the molecule is CNC(CC(C)(C)C)c1c(F)cccc1F. The van der Waals surface area contributed by atoms with E-state index in [-0.39, 0.29) is 17.0 Å². The van der Waals surface area contributed by atoms with Gasteiger partial charge in [0.25, 0.3) is 0 Å². The first-order valence-electron chi connectivity index (χ1n) is 5.46. The van der Waals surface area contributed by atoms with Crippen molar-refractivity contribution >= 4 is 0 Å². The summed E-state index contributed by atoms with van der Waals surface area (Å²) in [6.07, 6.45) is 0.682. The Morgan fingerprint density at radius 2 is 1.69 bits per heavy atom. The zero-order chi connectivity index (χ0) is 12.3. The molecule has 16 heavy (non-hydrogen) atoms. The van der Waals surface area contributed by atoms with E-state index in [0.29, 0.717) is 6.42 Å². The predicted molar refractivity (Wildman–Crippen MR) is 62.2 cm³/mol. The highest BCUT2D eigenvalue weighted by Gasteiger charge is 2.23. The summed E-state index contributed by atoms with van der Waals surface area (Å²) in [6.45, 7) is 6.16. The van der Waals surface area contributed by atoms with Gasteiger partial charge in [-0.15, -0.1) is 0 Å². The van der Waals surface area contributed by atoms with Crippen molar-refractivity contribution in [2.45, 2.75) is 33.2 Å². The summed E-state index contributed by atoms with van der Waals surface area (Å²) in [6, 6.07) is 3.69. The molecule has 0 aromatic heterocycles. The van der Waals surface area contributed by atoms with Crippen LogP contribution in [-0.2, 0) is 0 Å². The molecule has 90 valence electrons. The molecule has 1 N–H and O–H groups in total. The van der Waals surface area contributed by atoms with Crippen molar-refractivity contribution in [2.75, 3.05) is 7.05 Å². The van der Waals surface area contributed by atoms with Crippen LogP contribution in [0.15, 0.2) is 18.2 Å². The zero-order valence-electron chi connectivity index (χ0n) is 10.3. The molecule has 0 spiro atoms. The van der Waals surface area contributed by atoms with E-state index in [1.807, 2.05) is 0 Å². The molecule has 0 amide bonds. The summed E-state index contributed by atoms with van der Waals surface area (Å²) in [4.78, 5) is 0. The molecule has 1 nitrogen and oxygen atoms in total. The van der Waals surface area contributed by atoms with E-state index >= 15 is 0 Å². The fraction of sp³-hybridized carbons (Fsp3) is 0.538. The fourth-order valence-corrected chi connectivity index (χ4v) is 1.80. The topological polar surface area (TPSA) is 12.0 Å². The lowest BCUT2D eigenvalue weighted by Crippen LogP contribution is -2.24. The highest BCUT2D eigenvalue weighted by Crippen LogP contribution is 2.31. The van der Waals surface area contributed by atoms with Gasteiger partial charge < -0.3 is 5.32 Å². The van der Waals surface area contributed by atoms with E-state index in [9.17, 15) is 8.78 Å². The molecular weight excluding hydrogens is 208 g/mol. The summed E-state index contributed by atoms with van der Waals surface area (Å²) >= 11 is 0. The second kappa shape index (κ2) is 4.91. The lowest BCUT2D eigenvalue weighted by Gasteiger charge is -2.26. The van der Waals surface area contributed by atoms with Gasteiger partial charge in [-0.3, -0.25) is 0 Å². The lowest BCUT2D eigenvalue weighted by atomic mass is 9.85. The monoisotopic (exact) mass is 227 g/mol. The van der Waals surface area contributed by atoms with Crippen LogP contribution in [0.4, 0.5) is 8.78 Å². The van der Waals surface area contributed by atoms with Crippen LogP contribution in [0.5, 0.6) is 0 Å². The van der Waals surface area contributed by atoms with E-state index in [2.05, 4.69) is 26.1 Å². The molecule has 1 atom stereocenters. The van der Waals surface area contributed by atoms with Crippen molar-refractivity contribution in [3.8, 4) is 0 Å². The Hall–Kier alpha value is -0.960. The van der Waals surface area contributed by atoms with Gasteiger partial charge in [0.1, 0.15) is 11.6 Å². The van der Waals surface area contributed by atoms with Crippen molar-refractivity contribution in [1.29, 1.82) is 0 Å². The minimum atomic E-state index is -0.483. The molecule has 0 saturated heterocycles. The Kier molecular flexibility index (Phi) is 4.03. The number of benzene rings is 1. The third-order valence-electron chi connectivity index (χ3n) is 2.51. The Morgan fingerprint density at radius 1 is 1.19 bits per heavy atom. The van der Waals surface area contributed by atoms with Crippen LogP contribution in [-0.4, -0.2) is 7.05 Å². The molecule has 0 heterocycles.